The molecule has 0 fully saturated rings. The van der Waals surface area contributed by atoms with Crippen molar-refractivity contribution < 1.29 is 4.74 Å². The van der Waals surface area contributed by atoms with Gasteiger partial charge in [0, 0.05) is 6.04 Å². The van der Waals surface area contributed by atoms with Crippen LogP contribution in [0.1, 0.15) is 5.56 Å². The molecule has 0 unspecified atom stereocenters. The highest BCUT2D eigenvalue weighted by atomic mass is 16.5. The first kappa shape index (κ1) is 12.7. The van der Waals surface area contributed by atoms with E-state index >= 15 is 0 Å². The third-order valence-corrected chi connectivity index (χ3v) is 2.93. The van der Waals surface area contributed by atoms with E-state index in [2.05, 4.69) is 29.6 Å². The summed E-state index contributed by atoms with van der Waals surface area (Å²) in [7, 11) is 1.97. The van der Waals surface area contributed by atoms with Gasteiger partial charge in [-0.1, -0.05) is 48.5 Å². The molecule has 0 aromatic heterocycles. The molecule has 0 spiro atoms. The molecule has 2 nitrogen and oxygen atoms in total. The SMILES string of the molecule is CN[C@@H](COc1ccccc1)Cc1ccccc1. The Kier molecular flexibility index (Phi) is 4.79. The van der Waals surface area contributed by atoms with Crippen molar-refractivity contribution in [2.45, 2.75) is 12.5 Å². The Morgan fingerprint density at radius 3 is 2.17 bits per heavy atom. The van der Waals surface area contributed by atoms with Crippen molar-refractivity contribution in [3.8, 4) is 5.75 Å². The molecule has 2 rings (SSSR count). The van der Waals surface area contributed by atoms with Gasteiger partial charge in [-0.25, -0.2) is 0 Å². The zero-order valence-electron chi connectivity index (χ0n) is 10.7. The number of benzene rings is 2. The molecule has 0 saturated carbocycles. The van der Waals surface area contributed by atoms with E-state index in [4.69, 9.17) is 4.74 Å². The normalized spacial score (nSPS) is 12.1. The number of para-hydroxylation sites is 1. The van der Waals surface area contributed by atoms with E-state index in [0.29, 0.717) is 12.6 Å². The molecule has 1 N–H and O–H groups in total. The largest absolute Gasteiger partial charge is 0.492 e. The molecule has 0 aliphatic carbocycles. The summed E-state index contributed by atoms with van der Waals surface area (Å²) in [5.41, 5.74) is 1.33. The molecular formula is C16H19NO. The van der Waals surface area contributed by atoms with Gasteiger partial charge in [0.05, 0.1) is 0 Å². The first-order valence-electron chi connectivity index (χ1n) is 6.27. The van der Waals surface area contributed by atoms with Crippen molar-refractivity contribution >= 4 is 0 Å². The highest BCUT2D eigenvalue weighted by Gasteiger charge is 2.07. The molecule has 94 valence electrons. The fraction of sp³-hybridized carbons (Fsp3) is 0.250. The third kappa shape index (κ3) is 3.90. The minimum Gasteiger partial charge on any atom is -0.492 e. The predicted octanol–water partition coefficient (Wildman–Crippen LogP) is 2.90. The van der Waals surface area contributed by atoms with Crippen LogP contribution in [0.4, 0.5) is 0 Å². The zero-order valence-corrected chi connectivity index (χ0v) is 10.7. The standard InChI is InChI=1S/C16H19NO/c1-17-15(12-14-8-4-2-5-9-14)13-18-16-10-6-3-7-11-16/h2-11,15,17H,12-13H2,1H3/t15-/m1/s1. The Morgan fingerprint density at radius 1 is 0.944 bits per heavy atom. The summed E-state index contributed by atoms with van der Waals surface area (Å²) >= 11 is 0. The average Bonchev–Trinajstić information content (AvgIpc) is 2.45. The third-order valence-electron chi connectivity index (χ3n) is 2.93. The van der Waals surface area contributed by atoms with Crippen LogP contribution in [0, 0.1) is 0 Å². The van der Waals surface area contributed by atoms with Crippen LogP contribution in [0.2, 0.25) is 0 Å². The maximum absolute atomic E-state index is 5.77. The molecule has 0 saturated heterocycles. The van der Waals surface area contributed by atoms with E-state index in [0.717, 1.165) is 12.2 Å². The summed E-state index contributed by atoms with van der Waals surface area (Å²) in [5.74, 6) is 0.922. The van der Waals surface area contributed by atoms with Crippen LogP contribution in [-0.4, -0.2) is 19.7 Å². The van der Waals surface area contributed by atoms with Crippen molar-refractivity contribution in [1.82, 2.24) is 5.32 Å². The molecule has 0 amide bonds. The quantitative estimate of drug-likeness (QED) is 0.839. The lowest BCUT2D eigenvalue weighted by molar-refractivity contribution is 0.270. The van der Waals surface area contributed by atoms with E-state index in [1.165, 1.54) is 5.56 Å². The van der Waals surface area contributed by atoms with Gasteiger partial charge < -0.3 is 10.1 Å². The van der Waals surface area contributed by atoms with E-state index in [1.807, 2.05) is 43.4 Å². The van der Waals surface area contributed by atoms with Crippen molar-refractivity contribution in [1.29, 1.82) is 0 Å². The minimum atomic E-state index is 0.326. The van der Waals surface area contributed by atoms with Crippen molar-refractivity contribution in [2.75, 3.05) is 13.7 Å². The van der Waals surface area contributed by atoms with Gasteiger partial charge in [-0.15, -0.1) is 0 Å². The lowest BCUT2D eigenvalue weighted by Crippen LogP contribution is -2.33. The van der Waals surface area contributed by atoms with Crippen LogP contribution in [0.15, 0.2) is 60.7 Å². The van der Waals surface area contributed by atoms with Crippen LogP contribution in [-0.2, 0) is 6.42 Å². The fourth-order valence-electron chi connectivity index (χ4n) is 1.86. The van der Waals surface area contributed by atoms with Crippen molar-refractivity contribution in [2.24, 2.45) is 0 Å². The fourth-order valence-corrected chi connectivity index (χ4v) is 1.86. The Morgan fingerprint density at radius 2 is 1.56 bits per heavy atom. The number of hydrogen-bond acceptors (Lipinski definition) is 2. The summed E-state index contributed by atoms with van der Waals surface area (Å²) < 4.78 is 5.77. The van der Waals surface area contributed by atoms with Crippen LogP contribution >= 0.6 is 0 Å². The molecule has 1 atom stereocenters. The molecule has 2 aromatic rings. The maximum Gasteiger partial charge on any atom is 0.119 e. The number of likely N-dealkylation sites (N-methyl/N-ethyl adjacent to an activating group) is 1. The summed E-state index contributed by atoms with van der Waals surface area (Å²) in [6.07, 6.45) is 0.976. The molecule has 18 heavy (non-hydrogen) atoms. The smallest absolute Gasteiger partial charge is 0.119 e. The molecule has 2 heteroatoms. The van der Waals surface area contributed by atoms with Crippen LogP contribution in [0.5, 0.6) is 5.75 Å². The highest BCUT2D eigenvalue weighted by Crippen LogP contribution is 2.10. The average molecular weight is 241 g/mol. The van der Waals surface area contributed by atoms with E-state index < -0.39 is 0 Å². The molecule has 0 heterocycles. The second kappa shape index (κ2) is 6.82. The lowest BCUT2D eigenvalue weighted by Gasteiger charge is -2.17. The molecule has 2 aromatic carbocycles. The van der Waals surface area contributed by atoms with Crippen molar-refractivity contribution in [3.63, 3.8) is 0 Å². The van der Waals surface area contributed by atoms with E-state index in [1.54, 1.807) is 0 Å². The number of nitrogens with one attached hydrogen (secondary N) is 1. The molecule has 0 aliphatic heterocycles. The number of rotatable bonds is 6. The summed E-state index contributed by atoms with van der Waals surface area (Å²) in [4.78, 5) is 0. The van der Waals surface area contributed by atoms with Gasteiger partial charge in [0.25, 0.3) is 0 Å². The van der Waals surface area contributed by atoms with Gasteiger partial charge >= 0.3 is 0 Å². The lowest BCUT2D eigenvalue weighted by atomic mass is 10.1. The maximum atomic E-state index is 5.77. The first-order valence-corrected chi connectivity index (χ1v) is 6.27. The topological polar surface area (TPSA) is 21.3 Å². The number of ether oxygens (including phenoxy) is 1. The predicted molar refractivity (Wildman–Crippen MR) is 74.9 cm³/mol. The molecule has 0 aliphatic rings. The second-order valence-electron chi connectivity index (χ2n) is 4.30. The van der Waals surface area contributed by atoms with Gasteiger partial charge in [-0.05, 0) is 31.2 Å². The molecule has 0 radical (unpaired) electrons. The van der Waals surface area contributed by atoms with Crippen molar-refractivity contribution in [3.05, 3.63) is 66.2 Å². The highest BCUT2D eigenvalue weighted by molar-refractivity contribution is 5.21. The Bertz CT molecular complexity index is 441. The van der Waals surface area contributed by atoms with Gasteiger partial charge in [0.15, 0.2) is 0 Å². The zero-order chi connectivity index (χ0) is 12.6. The van der Waals surface area contributed by atoms with Gasteiger partial charge in [-0.3, -0.25) is 0 Å². The Hall–Kier alpha value is -1.80. The van der Waals surface area contributed by atoms with Gasteiger partial charge in [-0.2, -0.15) is 0 Å². The van der Waals surface area contributed by atoms with Gasteiger partial charge in [0.1, 0.15) is 12.4 Å². The van der Waals surface area contributed by atoms with E-state index in [-0.39, 0.29) is 0 Å². The Balaban J connectivity index is 1.86. The minimum absolute atomic E-state index is 0.326. The van der Waals surface area contributed by atoms with E-state index in [9.17, 15) is 0 Å². The Labute approximate surface area is 109 Å². The van der Waals surface area contributed by atoms with Crippen LogP contribution in [0.25, 0.3) is 0 Å². The first-order chi connectivity index (χ1) is 8.88. The molecular weight excluding hydrogens is 222 g/mol. The summed E-state index contributed by atoms with van der Waals surface area (Å²) in [5, 5.41) is 3.30. The summed E-state index contributed by atoms with van der Waals surface area (Å²) in [6, 6.07) is 20.7. The molecule has 0 bridgehead atoms. The van der Waals surface area contributed by atoms with Crippen LogP contribution in [0.3, 0.4) is 0 Å². The monoisotopic (exact) mass is 241 g/mol. The number of hydrogen-bond donors (Lipinski definition) is 1. The van der Waals surface area contributed by atoms with Crippen LogP contribution < -0.4 is 10.1 Å². The van der Waals surface area contributed by atoms with Gasteiger partial charge in [0.2, 0.25) is 0 Å². The summed E-state index contributed by atoms with van der Waals surface area (Å²) in [6.45, 7) is 0.676. The second-order valence-corrected chi connectivity index (χ2v) is 4.30.